The Balaban J connectivity index is 2.31. The van der Waals surface area contributed by atoms with Crippen molar-refractivity contribution in [3.63, 3.8) is 0 Å². The summed E-state index contributed by atoms with van der Waals surface area (Å²) in [5, 5.41) is 0. The van der Waals surface area contributed by atoms with Gasteiger partial charge in [-0.2, -0.15) is 0 Å². The quantitative estimate of drug-likeness (QED) is 0.928. The van der Waals surface area contributed by atoms with Crippen LogP contribution < -0.4 is 4.72 Å². The minimum absolute atomic E-state index is 0.274. The van der Waals surface area contributed by atoms with E-state index in [1.54, 1.807) is 6.07 Å². The Kier molecular flexibility index (Phi) is 4.73. The minimum atomic E-state index is -3.53. The van der Waals surface area contributed by atoms with Gasteiger partial charge in [-0.1, -0.05) is 30.3 Å². The Morgan fingerprint density at radius 3 is 2.14 bits per heavy atom. The number of benzene rings is 2. The van der Waals surface area contributed by atoms with Crippen molar-refractivity contribution in [2.24, 2.45) is 0 Å². The number of aryl methyl sites for hydroxylation is 4. The topological polar surface area (TPSA) is 46.2 Å². The minimum Gasteiger partial charge on any atom is -0.207 e. The molecule has 0 bridgehead atoms. The maximum atomic E-state index is 12.6. The molecular weight excluding hydrogens is 294 g/mol. The summed E-state index contributed by atoms with van der Waals surface area (Å²) in [6.07, 6.45) is 0. The molecule has 1 atom stereocenters. The van der Waals surface area contributed by atoms with Gasteiger partial charge < -0.3 is 0 Å². The summed E-state index contributed by atoms with van der Waals surface area (Å²) in [5.41, 5.74) is 5.02. The molecule has 0 aliphatic carbocycles. The lowest BCUT2D eigenvalue weighted by Gasteiger charge is -2.17. The fourth-order valence-corrected chi connectivity index (χ4v) is 3.96. The first-order chi connectivity index (χ1) is 10.2. The van der Waals surface area contributed by atoms with E-state index in [0.717, 1.165) is 22.3 Å². The lowest BCUT2D eigenvalue weighted by atomic mass is 10.0. The lowest BCUT2D eigenvalue weighted by Crippen LogP contribution is -2.27. The van der Waals surface area contributed by atoms with Gasteiger partial charge in [0.1, 0.15) is 0 Å². The van der Waals surface area contributed by atoms with Crippen LogP contribution in [0.4, 0.5) is 0 Å². The summed E-state index contributed by atoms with van der Waals surface area (Å²) in [6.45, 7) is 9.65. The van der Waals surface area contributed by atoms with Crippen LogP contribution in [0.15, 0.2) is 41.3 Å². The molecule has 0 radical (unpaired) electrons. The van der Waals surface area contributed by atoms with Crippen LogP contribution in [0, 0.1) is 27.7 Å². The molecule has 0 aliphatic rings. The van der Waals surface area contributed by atoms with Crippen LogP contribution in [0.2, 0.25) is 0 Å². The number of rotatable bonds is 4. The van der Waals surface area contributed by atoms with E-state index in [0.29, 0.717) is 4.90 Å². The van der Waals surface area contributed by atoms with Gasteiger partial charge in [-0.3, -0.25) is 0 Å². The average molecular weight is 317 g/mol. The summed E-state index contributed by atoms with van der Waals surface area (Å²) in [5.74, 6) is 0. The standard InChI is InChI=1S/C18H23NO2S/c1-12-6-7-14(3)18(10-12)22(20,21)19-16(5)17-9-8-13(2)15(4)11-17/h6-11,16,19H,1-5H3. The molecular formula is C18H23NO2S. The zero-order chi connectivity index (χ0) is 16.5. The Bertz CT molecular complexity index is 795. The van der Waals surface area contributed by atoms with Crippen LogP contribution in [0.1, 0.15) is 40.8 Å². The van der Waals surface area contributed by atoms with Gasteiger partial charge in [0, 0.05) is 6.04 Å². The van der Waals surface area contributed by atoms with Crippen LogP contribution in [0.3, 0.4) is 0 Å². The number of hydrogen-bond acceptors (Lipinski definition) is 2. The molecule has 1 unspecified atom stereocenters. The molecule has 0 amide bonds. The van der Waals surface area contributed by atoms with E-state index in [4.69, 9.17) is 0 Å². The van der Waals surface area contributed by atoms with E-state index >= 15 is 0 Å². The molecule has 2 aromatic carbocycles. The molecule has 3 nitrogen and oxygen atoms in total. The third-order valence-electron chi connectivity index (χ3n) is 4.00. The number of nitrogens with one attached hydrogen (secondary N) is 1. The van der Waals surface area contributed by atoms with Gasteiger partial charge in [0.05, 0.1) is 4.90 Å². The molecule has 0 aromatic heterocycles. The zero-order valence-corrected chi connectivity index (χ0v) is 14.6. The van der Waals surface area contributed by atoms with E-state index in [9.17, 15) is 8.42 Å². The van der Waals surface area contributed by atoms with Crippen LogP contribution in [0.25, 0.3) is 0 Å². The Hall–Kier alpha value is -1.65. The van der Waals surface area contributed by atoms with Crippen molar-refractivity contribution in [3.05, 3.63) is 64.2 Å². The number of hydrogen-bond donors (Lipinski definition) is 1. The van der Waals surface area contributed by atoms with Crippen LogP contribution in [0.5, 0.6) is 0 Å². The van der Waals surface area contributed by atoms with Crippen LogP contribution in [-0.4, -0.2) is 8.42 Å². The Labute approximate surface area is 133 Å². The second kappa shape index (κ2) is 6.23. The molecule has 22 heavy (non-hydrogen) atoms. The summed E-state index contributed by atoms with van der Waals surface area (Å²) >= 11 is 0. The van der Waals surface area contributed by atoms with Gasteiger partial charge >= 0.3 is 0 Å². The molecule has 2 aromatic rings. The largest absolute Gasteiger partial charge is 0.241 e. The van der Waals surface area contributed by atoms with Gasteiger partial charge in [-0.25, -0.2) is 13.1 Å². The number of sulfonamides is 1. The van der Waals surface area contributed by atoms with Crippen molar-refractivity contribution in [1.82, 2.24) is 4.72 Å². The van der Waals surface area contributed by atoms with E-state index in [-0.39, 0.29) is 6.04 Å². The van der Waals surface area contributed by atoms with Gasteiger partial charge in [-0.15, -0.1) is 0 Å². The highest BCUT2D eigenvalue weighted by atomic mass is 32.2. The van der Waals surface area contributed by atoms with Crippen molar-refractivity contribution in [2.75, 3.05) is 0 Å². The summed E-state index contributed by atoms with van der Waals surface area (Å²) in [4.78, 5) is 0.350. The maximum Gasteiger partial charge on any atom is 0.241 e. The predicted octanol–water partition coefficient (Wildman–Crippen LogP) is 3.96. The molecule has 0 saturated heterocycles. The molecule has 0 saturated carbocycles. The normalized spacial score (nSPS) is 13.1. The monoisotopic (exact) mass is 317 g/mol. The Morgan fingerprint density at radius 1 is 0.864 bits per heavy atom. The second-order valence-electron chi connectivity index (χ2n) is 5.96. The average Bonchev–Trinajstić information content (AvgIpc) is 2.43. The van der Waals surface area contributed by atoms with E-state index in [2.05, 4.69) is 4.72 Å². The van der Waals surface area contributed by atoms with E-state index in [1.165, 1.54) is 5.56 Å². The van der Waals surface area contributed by atoms with Gasteiger partial charge in [0.2, 0.25) is 10.0 Å². The predicted molar refractivity (Wildman–Crippen MR) is 90.6 cm³/mol. The first-order valence-corrected chi connectivity index (χ1v) is 8.86. The van der Waals surface area contributed by atoms with Crippen LogP contribution in [-0.2, 0) is 10.0 Å². The smallest absolute Gasteiger partial charge is 0.207 e. The van der Waals surface area contributed by atoms with Crippen molar-refractivity contribution in [3.8, 4) is 0 Å². The third kappa shape index (κ3) is 3.57. The maximum absolute atomic E-state index is 12.6. The lowest BCUT2D eigenvalue weighted by molar-refractivity contribution is 0.566. The van der Waals surface area contributed by atoms with Crippen molar-refractivity contribution in [2.45, 2.75) is 45.6 Å². The van der Waals surface area contributed by atoms with Crippen molar-refractivity contribution < 1.29 is 8.42 Å². The SMILES string of the molecule is Cc1ccc(C)c(S(=O)(=O)NC(C)c2ccc(C)c(C)c2)c1. The first-order valence-electron chi connectivity index (χ1n) is 7.37. The second-order valence-corrected chi connectivity index (χ2v) is 7.64. The highest BCUT2D eigenvalue weighted by molar-refractivity contribution is 7.89. The molecule has 0 heterocycles. The molecule has 0 fully saturated rings. The van der Waals surface area contributed by atoms with Gasteiger partial charge in [-0.05, 0) is 68.5 Å². The molecule has 2 rings (SSSR count). The van der Waals surface area contributed by atoms with Crippen LogP contribution >= 0.6 is 0 Å². The van der Waals surface area contributed by atoms with Gasteiger partial charge in [0.25, 0.3) is 0 Å². The zero-order valence-electron chi connectivity index (χ0n) is 13.8. The summed E-state index contributed by atoms with van der Waals surface area (Å²) < 4.78 is 28.0. The first kappa shape index (κ1) is 16.7. The summed E-state index contributed by atoms with van der Waals surface area (Å²) in [7, 11) is -3.53. The highest BCUT2D eigenvalue weighted by Gasteiger charge is 2.20. The molecule has 0 aliphatic heterocycles. The fourth-order valence-electron chi connectivity index (χ4n) is 2.40. The highest BCUT2D eigenvalue weighted by Crippen LogP contribution is 2.22. The molecule has 118 valence electrons. The van der Waals surface area contributed by atoms with E-state index < -0.39 is 10.0 Å². The van der Waals surface area contributed by atoms with Crippen molar-refractivity contribution in [1.29, 1.82) is 0 Å². The fraction of sp³-hybridized carbons (Fsp3) is 0.333. The van der Waals surface area contributed by atoms with Crippen molar-refractivity contribution >= 4 is 10.0 Å². The molecule has 0 spiro atoms. The molecule has 4 heteroatoms. The third-order valence-corrected chi connectivity index (χ3v) is 5.68. The van der Waals surface area contributed by atoms with E-state index in [1.807, 2.05) is 65.0 Å². The molecule has 1 N–H and O–H groups in total. The Morgan fingerprint density at radius 2 is 1.50 bits per heavy atom. The van der Waals surface area contributed by atoms with Gasteiger partial charge in [0.15, 0.2) is 0 Å². The summed E-state index contributed by atoms with van der Waals surface area (Å²) in [6, 6.07) is 11.2.